The molecule has 0 bridgehead atoms. The second-order valence-corrected chi connectivity index (χ2v) is 7.15. The Bertz CT molecular complexity index is 787. The lowest BCUT2D eigenvalue weighted by Crippen LogP contribution is -2.32. The highest BCUT2D eigenvalue weighted by molar-refractivity contribution is 5.97. The molecule has 1 saturated heterocycles. The third kappa shape index (κ3) is 2.38. The lowest BCUT2D eigenvalue weighted by atomic mass is 9.94. The van der Waals surface area contributed by atoms with Gasteiger partial charge in [-0.2, -0.15) is 0 Å². The SMILES string of the molecule is Cc1cn(C)c([C@@H]2CCCN2C(=O)c2c(C)oc3c2CCCC3)n1. The van der Waals surface area contributed by atoms with Crippen molar-refractivity contribution in [2.75, 3.05) is 6.54 Å². The van der Waals surface area contributed by atoms with Crippen molar-refractivity contribution in [3.8, 4) is 0 Å². The zero-order valence-corrected chi connectivity index (χ0v) is 14.8. The molecule has 0 unspecified atom stereocenters. The number of carbonyl (C=O) groups excluding carboxylic acids is 1. The fourth-order valence-electron chi connectivity index (χ4n) is 4.35. The number of nitrogens with zero attached hydrogens (tertiary/aromatic N) is 3. The first kappa shape index (κ1) is 15.5. The third-order valence-corrected chi connectivity index (χ3v) is 5.41. The molecule has 0 saturated carbocycles. The van der Waals surface area contributed by atoms with Crippen molar-refractivity contribution in [1.82, 2.24) is 14.5 Å². The molecule has 0 spiro atoms. The summed E-state index contributed by atoms with van der Waals surface area (Å²) in [7, 11) is 2.02. The van der Waals surface area contributed by atoms with Crippen LogP contribution in [0.1, 0.15) is 70.7 Å². The van der Waals surface area contributed by atoms with Gasteiger partial charge in [0, 0.05) is 31.8 Å². The van der Waals surface area contributed by atoms with Crippen LogP contribution < -0.4 is 0 Å². The van der Waals surface area contributed by atoms with Crippen molar-refractivity contribution in [3.05, 3.63) is 40.4 Å². The van der Waals surface area contributed by atoms with Gasteiger partial charge in [-0.25, -0.2) is 4.98 Å². The van der Waals surface area contributed by atoms with Crippen LogP contribution in [-0.4, -0.2) is 26.9 Å². The smallest absolute Gasteiger partial charge is 0.258 e. The van der Waals surface area contributed by atoms with E-state index in [2.05, 4.69) is 9.55 Å². The molecule has 1 fully saturated rings. The van der Waals surface area contributed by atoms with Gasteiger partial charge in [0.25, 0.3) is 5.91 Å². The standard InChI is InChI=1S/C19H25N3O2/c1-12-11-21(3)18(20-12)15-8-6-10-22(15)19(23)17-13(2)24-16-9-5-4-7-14(16)17/h11,15H,4-10H2,1-3H3/t15-/m0/s1. The normalized spacial score (nSPS) is 20.5. The Morgan fingerprint density at radius 1 is 1.25 bits per heavy atom. The molecule has 1 amide bonds. The van der Waals surface area contributed by atoms with Gasteiger partial charge in [-0.1, -0.05) is 0 Å². The van der Waals surface area contributed by atoms with Gasteiger partial charge in [-0.15, -0.1) is 0 Å². The Labute approximate surface area is 142 Å². The number of aromatic nitrogens is 2. The molecule has 2 aromatic heterocycles. The molecule has 1 aliphatic heterocycles. The number of hydrogen-bond donors (Lipinski definition) is 0. The van der Waals surface area contributed by atoms with Crippen molar-refractivity contribution < 1.29 is 9.21 Å². The molecule has 2 aliphatic rings. The van der Waals surface area contributed by atoms with Crippen LogP contribution in [0.4, 0.5) is 0 Å². The van der Waals surface area contributed by atoms with Gasteiger partial charge in [0.1, 0.15) is 17.3 Å². The molecule has 3 heterocycles. The Morgan fingerprint density at radius 2 is 2.04 bits per heavy atom. The molecule has 5 heteroatoms. The topological polar surface area (TPSA) is 51.3 Å². The zero-order chi connectivity index (χ0) is 16.8. The average molecular weight is 327 g/mol. The molecule has 0 aromatic carbocycles. The van der Waals surface area contributed by atoms with Gasteiger partial charge >= 0.3 is 0 Å². The van der Waals surface area contributed by atoms with Gasteiger partial charge in [0.2, 0.25) is 0 Å². The van der Waals surface area contributed by atoms with E-state index in [9.17, 15) is 4.79 Å². The van der Waals surface area contributed by atoms with E-state index in [1.54, 1.807) is 0 Å². The van der Waals surface area contributed by atoms with E-state index < -0.39 is 0 Å². The summed E-state index contributed by atoms with van der Waals surface area (Å²) in [5.41, 5.74) is 2.98. The summed E-state index contributed by atoms with van der Waals surface area (Å²) in [4.78, 5) is 20.0. The van der Waals surface area contributed by atoms with E-state index in [0.29, 0.717) is 0 Å². The molecule has 0 N–H and O–H groups in total. The fourth-order valence-corrected chi connectivity index (χ4v) is 4.35. The summed E-state index contributed by atoms with van der Waals surface area (Å²) in [6.45, 7) is 4.73. The Balaban J connectivity index is 1.69. The number of likely N-dealkylation sites (tertiary alicyclic amines) is 1. The first-order chi connectivity index (χ1) is 11.6. The first-order valence-electron chi connectivity index (χ1n) is 8.98. The monoisotopic (exact) mass is 327 g/mol. The predicted octanol–water partition coefficient (Wildman–Crippen LogP) is 3.49. The largest absolute Gasteiger partial charge is 0.465 e. The number of aryl methyl sites for hydroxylation is 4. The number of furan rings is 1. The second kappa shape index (κ2) is 5.80. The van der Waals surface area contributed by atoms with Gasteiger partial charge < -0.3 is 13.9 Å². The van der Waals surface area contributed by atoms with E-state index in [1.165, 1.54) is 0 Å². The van der Waals surface area contributed by atoms with Crippen molar-refractivity contribution in [1.29, 1.82) is 0 Å². The third-order valence-electron chi connectivity index (χ3n) is 5.41. The van der Waals surface area contributed by atoms with Crippen LogP contribution in [0.25, 0.3) is 0 Å². The van der Waals surface area contributed by atoms with E-state index in [4.69, 9.17) is 4.42 Å². The maximum absolute atomic E-state index is 13.3. The molecule has 4 rings (SSSR count). The lowest BCUT2D eigenvalue weighted by Gasteiger charge is -2.25. The number of hydrogen-bond acceptors (Lipinski definition) is 3. The van der Waals surface area contributed by atoms with Crippen LogP contribution in [0.3, 0.4) is 0 Å². The highest BCUT2D eigenvalue weighted by Crippen LogP contribution is 2.36. The van der Waals surface area contributed by atoms with E-state index in [1.807, 2.05) is 32.0 Å². The van der Waals surface area contributed by atoms with Crippen molar-refractivity contribution in [2.24, 2.45) is 7.05 Å². The van der Waals surface area contributed by atoms with Gasteiger partial charge in [-0.3, -0.25) is 4.79 Å². The number of carbonyl (C=O) groups is 1. The van der Waals surface area contributed by atoms with Crippen LogP contribution in [-0.2, 0) is 19.9 Å². The van der Waals surface area contributed by atoms with Gasteiger partial charge in [0.05, 0.1) is 17.3 Å². The fraction of sp³-hybridized carbons (Fsp3) is 0.579. The maximum atomic E-state index is 13.3. The maximum Gasteiger partial charge on any atom is 0.258 e. The highest BCUT2D eigenvalue weighted by atomic mass is 16.3. The summed E-state index contributed by atoms with van der Waals surface area (Å²) in [6.07, 6.45) is 8.28. The minimum absolute atomic E-state index is 0.0738. The summed E-state index contributed by atoms with van der Waals surface area (Å²) >= 11 is 0. The second-order valence-electron chi connectivity index (χ2n) is 7.15. The minimum atomic E-state index is 0.0738. The van der Waals surface area contributed by atoms with Crippen molar-refractivity contribution in [3.63, 3.8) is 0 Å². The Kier molecular flexibility index (Phi) is 3.74. The van der Waals surface area contributed by atoms with Crippen LogP contribution in [0.15, 0.2) is 10.6 Å². The zero-order valence-electron chi connectivity index (χ0n) is 14.8. The van der Waals surface area contributed by atoms with Crippen LogP contribution >= 0.6 is 0 Å². The summed E-state index contributed by atoms with van der Waals surface area (Å²) in [5.74, 6) is 2.94. The molecule has 1 atom stereocenters. The van der Waals surface area contributed by atoms with E-state index >= 15 is 0 Å². The molecule has 0 radical (unpaired) electrons. The Hall–Kier alpha value is -2.04. The number of fused-ring (bicyclic) bond motifs is 1. The predicted molar refractivity (Wildman–Crippen MR) is 91.0 cm³/mol. The van der Waals surface area contributed by atoms with E-state index in [0.717, 1.165) is 79.2 Å². The van der Waals surface area contributed by atoms with Crippen molar-refractivity contribution in [2.45, 2.75) is 58.4 Å². The van der Waals surface area contributed by atoms with Crippen LogP contribution in [0.2, 0.25) is 0 Å². The summed E-state index contributed by atoms with van der Waals surface area (Å²) < 4.78 is 7.98. The van der Waals surface area contributed by atoms with Crippen molar-refractivity contribution >= 4 is 5.91 Å². The first-order valence-corrected chi connectivity index (χ1v) is 8.98. The summed E-state index contributed by atoms with van der Waals surface area (Å²) in [5, 5.41) is 0. The molecule has 5 nitrogen and oxygen atoms in total. The lowest BCUT2D eigenvalue weighted by molar-refractivity contribution is 0.0725. The molecule has 2 aromatic rings. The van der Waals surface area contributed by atoms with Crippen LogP contribution in [0.5, 0.6) is 0 Å². The molecular formula is C19H25N3O2. The van der Waals surface area contributed by atoms with E-state index in [-0.39, 0.29) is 11.9 Å². The molecule has 1 aliphatic carbocycles. The minimum Gasteiger partial charge on any atom is -0.465 e. The van der Waals surface area contributed by atoms with Gasteiger partial charge in [0.15, 0.2) is 0 Å². The number of amides is 1. The Morgan fingerprint density at radius 3 is 2.79 bits per heavy atom. The molecular weight excluding hydrogens is 302 g/mol. The molecule has 128 valence electrons. The number of imidazole rings is 1. The summed E-state index contributed by atoms with van der Waals surface area (Å²) in [6, 6.07) is 0.0738. The van der Waals surface area contributed by atoms with Crippen LogP contribution in [0, 0.1) is 13.8 Å². The number of rotatable bonds is 2. The highest BCUT2D eigenvalue weighted by Gasteiger charge is 2.36. The quantitative estimate of drug-likeness (QED) is 0.848. The average Bonchev–Trinajstić information content (AvgIpc) is 3.22. The molecule has 24 heavy (non-hydrogen) atoms. The van der Waals surface area contributed by atoms with Gasteiger partial charge in [-0.05, 0) is 46.0 Å².